The van der Waals surface area contributed by atoms with Crippen molar-refractivity contribution in [1.82, 2.24) is 10.2 Å². The Bertz CT molecular complexity index is 293. The Morgan fingerprint density at radius 3 is 2.50 bits per heavy atom. The number of likely N-dealkylation sites (tertiary alicyclic amines) is 1. The number of fused-ring (bicyclic) bond motifs is 1. The molecule has 76 valence electrons. The van der Waals surface area contributed by atoms with Gasteiger partial charge in [0.1, 0.15) is 0 Å². The van der Waals surface area contributed by atoms with Gasteiger partial charge in [0.2, 0.25) is 17.7 Å². The van der Waals surface area contributed by atoms with Gasteiger partial charge >= 0.3 is 0 Å². The zero-order valence-corrected chi connectivity index (χ0v) is 7.95. The SMILES string of the molecule is CNC(=O)CCN1C(=O)C2CC2C1=O. The first-order valence-corrected chi connectivity index (χ1v) is 4.71. The van der Waals surface area contributed by atoms with E-state index in [0.717, 1.165) is 0 Å². The molecule has 2 unspecified atom stereocenters. The molecule has 2 rings (SSSR count). The number of piperidine rings is 1. The van der Waals surface area contributed by atoms with Crippen LogP contribution in [0, 0.1) is 11.8 Å². The first kappa shape index (κ1) is 9.18. The molecule has 1 aliphatic heterocycles. The minimum atomic E-state index is -0.147. The van der Waals surface area contributed by atoms with Crippen LogP contribution in [0.4, 0.5) is 0 Å². The lowest BCUT2D eigenvalue weighted by molar-refractivity contribution is -0.141. The lowest BCUT2D eigenvalue weighted by Gasteiger charge is -2.15. The van der Waals surface area contributed by atoms with Crippen LogP contribution >= 0.6 is 0 Å². The highest BCUT2D eigenvalue weighted by Crippen LogP contribution is 2.46. The Balaban J connectivity index is 1.90. The van der Waals surface area contributed by atoms with E-state index in [1.165, 1.54) is 11.9 Å². The summed E-state index contributed by atoms with van der Waals surface area (Å²) in [5, 5.41) is 2.45. The first-order valence-electron chi connectivity index (χ1n) is 4.71. The Hall–Kier alpha value is -1.39. The molecule has 2 aliphatic rings. The quantitative estimate of drug-likeness (QED) is 0.596. The summed E-state index contributed by atoms with van der Waals surface area (Å²) in [6.07, 6.45) is 0.918. The lowest BCUT2D eigenvalue weighted by Crippen LogP contribution is -2.36. The molecule has 1 saturated heterocycles. The van der Waals surface area contributed by atoms with E-state index in [-0.39, 0.29) is 42.5 Å². The summed E-state index contributed by atoms with van der Waals surface area (Å²) < 4.78 is 0. The Kier molecular flexibility index (Phi) is 2.02. The third kappa shape index (κ3) is 1.29. The molecule has 0 bridgehead atoms. The maximum Gasteiger partial charge on any atom is 0.233 e. The Morgan fingerprint density at radius 2 is 2.00 bits per heavy atom. The van der Waals surface area contributed by atoms with Crippen molar-refractivity contribution < 1.29 is 14.4 Å². The van der Waals surface area contributed by atoms with Crippen molar-refractivity contribution in [3.8, 4) is 0 Å². The van der Waals surface area contributed by atoms with Crippen LogP contribution in [-0.4, -0.2) is 36.2 Å². The van der Waals surface area contributed by atoms with Crippen molar-refractivity contribution in [3.05, 3.63) is 0 Å². The summed E-state index contributed by atoms with van der Waals surface area (Å²) in [4.78, 5) is 35.0. The third-order valence-corrected chi connectivity index (χ3v) is 2.80. The minimum Gasteiger partial charge on any atom is -0.359 e. The molecule has 1 heterocycles. The van der Waals surface area contributed by atoms with Gasteiger partial charge in [-0.1, -0.05) is 0 Å². The van der Waals surface area contributed by atoms with Gasteiger partial charge in [0.05, 0.1) is 11.8 Å². The van der Waals surface area contributed by atoms with Crippen LogP contribution < -0.4 is 5.32 Å². The summed E-state index contributed by atoms with van der Waals surface area (Å²) in [7, 11) is 1.54. The standard InChI is InChI=1S/C9H12N2O3/c1-10-7(12)2-3-11-8(13)5-4-6(5)9(11)14/h5-6H,2-4H2,1H3,(H,10,12). The number of rotatable bonds is 3. The van der Waals surface area contributed by atoms with E-state index in [1.807, 2.05) is 0 Å². The van der Waals surface area contributed by atoms with Gasteiger partial charge < -0.3 is 5.32 Å². The van der Waals surface area contributed by atoms with Crippen LogP contribution in [0.25, 0.3) is 0 Å². The van der Waals surface area contributed by atoms with Crippen molar-refractivity contribution in [2.45, 2.75) is 12.8 Å². The second-order valence-electron chi connectivity index (χ2n) is 3.70. The summed E-state index contributed by atoms with van der Waals surface area (Å²) in [6.45, 7) is 0.227. The van der Waals surface area contributed by atoms with Crippen LogP contribution in [-0.2, 0) is 14.4 Å². The van der Waals surface area contributed by atoms with Gasteiger partial charge in [-0.25, -0.2) is 0 Å². The van der Waals surface area contributed by atoms with Crippen LogP contribution in [0.3, 0.4) is 0 Å². The molecule has 1 aliphatic carbocycles. The van der Waals surface area contributed by atoms with Gasteiger partial charge in [0.15, 0.2) is 0 Å². The lowest BCUT2D eigenvalue weighted by atomic mass is 10.3. The van der Waals surface area contributed by atoms with Crippen LogP contribution in [0.1, 0.15) is 12.8 Å². The van der Waals surface area contributed by atoms with E-state index in [1.54, 1.807) is 0 Å². The first-order chi connectivity index (χ1) is 6.65. The number of carbonyl (C=O) groups is 3. The second kappa shape index (κ2) is 3.08. The monoisotopic (exact) mass is 196 g/mol. The van der Waals surface area contributed by atoms with Crippen molar-refractivity contribution >= 4 is 17.7 Å². The molecule has 0 aromatic carbocycles. The van der Waals surface area contributed by atoms with Gasteiger partial charge in [-0.3, -0.25) is 19.3 Å². The van der Waals surface area contributed by atoms with E-state index >= 15 is 0 Å². The number of imide groups is 1. The highest BCUT2D eigenvalue weighted by molar-refractivity contribution is 6.09. The van der Waals surface area contributed by atoms with E-state index in [2.05, 4.69) is 5.32 Å². The number of amides is 3. The summed E-state index contributed by atoms with van der Waals surface area (Å²) in [5.41, 5.74) is 0. The van der Waals surface area contributed by atoms with Gasteiger partial charge in [-0.15, -0.1) is 0 Å². The summed E-state index contributed by atoms with van der Waals surface area (Å²) in [6, 6.07) is 0. The van der Waals surface area contributed by atoms with E-state index in [4.69, 9.17) is 0 Å². The number of hydrogen-bond acceptors (Lipinski definition) is 3. The van der Waals surface area contributed by atoms with Crippen molar-refractivity contribution in [3.63, 3.8) is 0 Å². The predicted octanol–water partition coefficient (Wildman–Crippen LogP) is -0.873. The highest BCUT2D eigenvalue weighted by Gasteiger charge is 2.58. The van der Waals surface area contributed by atoms with E-state index in [0.29, 0.717) is 6.42 Å². The molecule has 2 atom stereocenters. The molecule has 5 nitrogen and oxygen atoms in total. The van der Waals surface area contributed by atoms with Crippen molar-refractivity contribution in [1.29, 1.82) is 0 Å². The fourth-order valence-electron chi connectivity index (χ4n) is 1.81. The fraction of sp³-hybridized carbons (Fsp3) is 0.667. The molecular formula is C9H12N2O3. The molecule has 14 heavy (non-hydrogen) atoms. The largest absolute Gasteiger partial charge is 0.359 e. The zero-order chi connectivity index (χ0) is 10.3. The average Bonchev–Trinajstić information content (AvgIpc) is 2.92. The van der Waals surface area contributed by atoms with Crippen molar-refractivity contribution in [2.24, 2.45) is 11.8 Å². The molecule has 2 fully saturated rings. The second-order valence-corrected chi connectivity index (χ2v) is 3.70. The fourth-order valence-corrected chi connectivity index (χ4v) is 1.81. The van der Waals surface area contributed by atoms with E-state index in [9.17, 15) is 14.4 Å². The minimum absolute atomic E-state index is 0.0628. The van der Waals surface area contributed by atoms with Gasteiger partial charge in [-0.2, -0.15) is 0 Å². The topological polar surface area (TPSA) is 66.5 Å². The molecule has 3 amide bonds. The predicted molar refractivity (Wildman–Crippen MR) is 47.0 cm³/mol. The number of nitrogens with zero attached hydrogens (tertiary/aromatic N) is 1. The number of hydrogen-bond donors (Lipinski definition) is 1. The van der Waals surface area contributed by atoms with Crippen LogP contribution in [0.5, 0.6) is 0 Å². The maximum absolute atomic E-state index is 11.4. The molecule has 5 heteroatoms. The smallest absolute Gasteiger partial charge is 0.233 e. The maximum atomic E-state index is 11.4. The van der Waals surface area contributed by atoms with Gasteiger partial charge in [0, 0.05) is 20.0 Å². The highest BCUT2D eigenvalue weighted by atomic mass is 16.2. The zero-order valence-electron chi connectivity index (χ0n) is 7.95. The van der Waals surface area contributed by atoms with Gasteiger partial charge in [-0.05, 0) is 6.42 Å². The molecule has 0 aromatic rings. The average molecular weight is 196 g/mol. The molecule has 1 N–H and O–H groups in total. The number of nitrogens with one attached hydrogen (secondary N) is 1. The normalized spacial score (nSPS) is 29.1. The molecular weight excluding hydrogens is 184 g/mol. The van der Waals surface area contributed by atoms with Crippen molar-refractivity contribution in [2.75, 3.05) is 13.6 Å². The number of carbonyl (C=O) groups excluding carboxylic acids is 3. The van der Waals surface area contributed by atoms with Crippen LogP contribution in [0.15, 0.2) is 0 Å². The Labute approximate surface area is 81.4 Å². The van der Waals surface area contributed by atoms with Gasteiger partial charge in [0.25, 0.3) is 0 Å². The Morgan fingerprint density at radius 1 is 1.43 bits per heavy atom. The molecule has 0 radical (unpaired) electrons. The molecule has 0 spiro atoms. The van der Waals surface area contributed by atoms with E-state index < -0.39 is 0 Å². The molecule has 0 aromatic heterocycles. The molecule has 1 saturated carbocycles. The summed E-state index contributed by atoms with van der Waals surface area (Å²) >= 11 is 0. The van der Waals surface area contributed by atoms with Crippen LogP contribution in [0.2, 0.25) is 0 Å². The summed E-state index contributed by atoms with van der Waals surface area (Å²) in [5.74, 6) is -0.460. The third-order valence-electron chi connectivity index (χ3n) is 2.80.